The summed E-state index contributed by atoms with van der Waals surface area (Å²) in [5.41, 5.74) is 0. The van der Waals surface area contributed by atoms with Gasteiger partial charge in [-0.25, -0.2) is 0 Å². The number of carbonyl (C=O) groups is 1. The maximum Gasteiger partial charge on any atom is 0.405 e. The standard InChI is InChI=1S/C9H15F3N2O2/c10-9(11,12)6-14-8(15)5-16-7-1-3-13-4-2-7/h7,13H,1-6H2,(H,14,15). The highest BCUT2D eigenvalue weighted by atomic mass is 19.4. The van der Waals surface area contributed by atoms with Crippen LogP contribution in [0.15, 0.2) is 0 Å². The molecular weight excluding hydrogens is 225 g/mol. The molecule has 1 aliphatic rings. The molecule has 0 aromatic rings. The highest BCUT2D eigenvalue weighted by molar-refractivity contribution is 5.77. The van der Waals surface area contributed by atoms with Crippen LogP contribution in [0.4, 0.5) is 13.2 Å². The number of carbonyl (C=O) groups excluding carboxylic acids is 1. The molecule has 0 unspecified atom stereocenters. The van der Waals surface area contributed by atoms with Gasteiger partial charge in [-0.15, -0.1) is 0 Å². The SMILES string of the molecule is O=C(COC1CCNCC1)NCC(F)(F)F. The minimum Gasteiger partial charge on any atom is -0.368 e. The molecular formula is C9H15F3N2O2. The summed E-state index contributed by atoms with van der Waals surface area (Å²) < 4.78 is 40.4. The summed E-state index contributed by atoms with van der Waals surface area (Å²) >= 11 is 0. The van der Waals surface area contributed by atoms with E-state index in [0.29, 0.717) is 0 Å². The van der Waals surface area contributed by atoms with Crippen molar-refractivity contribution in [3.05, 3.63) is 0 Å². The Hall–Kier alpha value is -0.820. The summed E-state index contributed by atoms with van der Waals surface area (Å²) in [6, 6.07) is 0. The van der Waals surface area contributed by atoms with Gasteiger partial charge in [-0.2, -0.15) is 13.2 Å². The molecule has 16 heavy (non-hydrogen) atoms. The molecule has 1 heterocycles. The second kappa shape index (κ2) is 6.05. The number of nitrogens with one attached hydrogen (secondary N) is 2. The molecule has 0 aromatic carbocycles. The van der Waals surface area contributed by atoms with Gasteiger partial charge in [0, 0.05) is 0 Å². The molecule has 0 atom stereocenters. The van der Waals surface area contributed by atoms with Crippen LogP contribution in [-0.2, 0) is 9.53 Å². The van der Waals surface area contributed by atoms with E-state index >= 15 is 0 Å². The summed E-state index contributed by atoms with van der Waals surface area (Å²) in [6.45, 7) is 0.0197. The fourth-order valence-electron chi connectivity index (χ4n) is 1.41. The van der Waals surface area contributed by atoms with Crippen molar-refractivity contribution in [2.24, 2.45) is 0 Å². The van der Waals surface area contributed by atoms with E-state index in [2.05, 4.69) is 5.32 Å². The van der Waals surface area contributed by atoms with Crippen molar-refractivity contribution in [2.75, 3.05) is 26.2 Å². The van der Waals surface area contributed by atoms with E-state index in [1.165, 1.54) is 0 Å². The molecule has 94 valence electrons. The lowest BCUT2D eigenvalue weighted by Crippen LogP contribution is -2.38. The molecule has 0 aliphatic carbocycles. The van der Waals surface area contributed by atoms with Crippen molar-refractivity contribution in [1.82, 2.24) is 10.6 Å². The molecule has 0 bridgehead atoms. The highest BCUT2D eigenvalue weighted by Crippen LogP contribution is 2.12. The summed E-state index contributed by atoms with van der Waals surface area (Å²) in [5.74, 6) is -0.726. The van der Waals surface area contributed by atoms with E-state index in [9.17, 15) is 18.0 Å². The van der Waals surface area contributed by atoms with Crippen LogP contribution >= 0.6 is 0 Å². The first-order chi connectivity index (χ1) is 7.47. The van der Waals surface area contributed by atoms with Crippen LogP contribution in [0, 0.1) is 0 Å². The Bertz CT molecular complexity index is 227. The van der Waals surface area contributed by atoms with E-state index in [0.717, 1.165) is 25.9 Å². The first-order valence-corrected chi connectivity index (χ1v) is 5.13. The van der Waals surface area contributed by atoms with Crippen LogP contribution < -0.4 is 10.6 Å². The Kier molecular flexibility index (Phi) is 5.01. The fraction of sp³-hybridized carbons (Fsp3) is 0.889. The van der Waals surface area contributed by atoms with Crippen molar-refractivity contribution in [3.8, 4) is 0 Å². The van der Waals surface area contributed by atoms with E-state index in [4.69, 9.17) is 4.74 Å². The maximum absolute atomic E-state index is 11.7. The van der Waals surface area contributed by atoms with Gasteiger partial charge < -0.3 is 15.4 Å². The quantitative estimate of drug-likeness (QED) is 0.749. The monoisotopic (exact) mass is 240 g/mol. The van der Waals surface area contributed by atoms with Gasteiger partial charge in [0.15, 0.2) is 0 Å². The third-order valence-corrected chi connectivity index (χ3v) is 2.22. The normalized spacial score (nSPS) is 18.4. The molecule has 2 N–H and O–H groups in total. The van der Waals surface area contributed by atoms with Gasteiger partial charge in [0.1, 0.15) is 13.2 Å². The van der Waals surface area contributed by atoms with Crippen LogP contribution in [0.2, 0.25) is 0 Å². The van der Waals surface area contributed by atoms with Gasteiger partial charge in [-0.05, 0) is 25.9 Å². The number of alkyl halides is 3. The lowest BCUT2D eigenvalue weighted by Gasteiger charge is -2.22. The molecule has 1 amide bonds. The van der Waals surface area contributed by atoms with E-state index < -0.39 is 18.6 Å². The zero-order valence-corrected chi connectivity index (χ0v) is 8.77. The van der Waals surface area contributed by atoms with Crippen LogP contribution in [0.1, 0.15) is 12.8 Å². The number of amides is 1. The molecule has 0 saturated carbocycles. The Labute approximate surface area is 91.5 Å². The second-order valence-electron chi connectivity index (χ2n) is 3.65. The number of halogens is 3. The number of piperidine rings is 1. The zero-order chi connectivity index (χ0) is 12.0. The number of hydrogen-bond acceptors (Lipinski definition) is 3. The molecule has 1 fully saturated rings. The smallest absolute Gasteiger partial charge is 0.368 e. The summed E-state index contributed by atoms with van der Waals surface area (Å²) in [4.78, 5) is 11.0. The molecule has 1 rings (SSSR count). The minimum atomic E-state index is -4.37. The molecule has 0 spiro atoms. The first-order valence-electron chi connectivity index (χ1n) is 5.13. The number of rotatable bonds is 4. The topological polar surface area (TPSA) is 50.4 Å². The number of ether oxygens (including phenoxy) is 1. The predicted molar refractivity (Wildman–Crippen MR) is 50.9 cm³/mol. The highest BCUT2D eigenvalue weighted by Gasteiger charge is 2.27. The third-order valence-electron chi connectivity index (χ3n) is 2.22. The van der Waals surface area contributed by atoms with Gasteiger partial charge in [0.25, 0.3) is 0 Å². The van der Waals surface area contributed by atoms with Crippen molar-refractivity contribution < 1.29 is 22.7 Å². The van der Waals surface area contributed by atoms with Crippen molar-refractivity contribution in [3.63, 3.8) is 0 Å². The number of hydrogen-bond donors (Lipinski definition) is 2. The largest absolute Gasteiger partial charge is 0.405 e. The zero-order valence-electron chi connectivity index (χ0n) is 8.77. The summed E-state index contributed by atoms with van der Waals surface area (Å²) in [7, 11) is 0. The molecule has 1 saturated heterocycles. The van der Waals surface area contributed by atoms with E-state index in [1.807, 2.05) is 0 Å². The van der Waals surface area contributed by atoms with Crippen molar-refractivity contribution in [1.29, 1.82) is 0 Å². The summed E-state index contributed by atoms with van der Waals surface area (Å²) in [5, 5.41) is 4.88. The average Bonchev–Trinajstić information content (AvgIpc) is 2.24. The Morgan fingerprint density at radius 1 is 1.38 bits per heavy atom. The van der Waals surface area contributed by atoms with Crippen molar-refractivity contribution >= 4 is 5.91 Å². The van der Waals surface area contributed by atoms with Crippen molar-refractivity contribution in [2.45, 2.75) is 25.1 Å². The Morgan fingerprint density at radius 3 is 2.56 bits per heavy atom. The molecule has 0 aromatic heterocycles. The van der Waals surface area contributed by atoms with Gasteiger partial charge >= 0.3 is 6.18 Å². The summed E-state index contributed by atoms with van der Waals surface area (Å²) in [6.07, 6.45) is -2.83. The molecule has 4 nitrogen and oxygen atoms in total. The Morgan fingerprint density at radius 2 is 2.00 bits per heavy atom. The van der Waals surface area contributed by atoms with Crippen LogP contribution in [0.25, 0.3) is 0 Å². The van der Waals surface area contributed by atoms with Crippen LogP contribution in [0.5, 0.6) is 0 Å². The van der Waals surface area contributed by atoms with Gasteiger partial charge in [-0.3, -0.25) is 4.79 Å². The molecule has 0 radical (unpaired) electrons. The first kappa shape index (κ1) is 13.2. The third kappa shape index (κ3) is 5.92. The molecule has 7 heteroatoms. The predicted octanol–water partition coefficient (Wildman–Crippen LogP) is 0.433. The lowest BCUT2D eigenvalue weighted by atomic mass is 10.1. The Balaban J connectivity index is 2.09. The van der Waals surface area contributed by atoms with E-state index in [-0.39, 0.29) is 12.7 Å². The van der Waals surface area contributed by atoms with Gasteiger partial charge in [-0.1, -0.05) is 0 Å². The maximum atomic E-state index is 11.7. The van der Waals surface area contributed by atoms with Gasteiger partial charge in [0.2, 0.25) is 5.91 Å². The van der Waals surface area contributed by atoms with Gasteiger partial charge in [0.05, 0.1) is 6.10 Å². The average molecular weight is 240 g/mol. The lowest BCUT2D eigenvalue weighted by molar-refractivity contribution is -0.142. The van der Waals surface area contributed by atoms with Crippen LogP contribution in [0.3, 0.4) is 0 Å². The minimum absolute atomic E-state index is 0.0297. The fourth-order valence-corrected chi connectivity index (χ4v) is 1.41. The van der Waals surface area contributed by atoms with E-state index in [1.54, 1.807) is 5.32 Å². The molecule has 1 aliphatic heterocycles. The second-order valence-corrected chi connectivity index (χ2v) is 3.65. The van der Waals surface area contributed by atoms with Crippen LogP contribution in [-0.4, -0.2) is 44.4 Å².